The second kappa shape index (κ2) is 11.0. The number of hydrogen-bond acceptors (Lipinski definition) is 7. The van der Waals surface area contributed by atoms with Gasteiger partial charge in [0.05, 0.1) is 13.2 Å². The molecule has 3 heterocycles. The van der Waals surface area contributed by atoms with Crippen molar-refractivity contribution in [3.05, 3.63) is 80.4 Å². The summed E-state index contributed by atoms with van der Waals surface area (Å²) >= 11 is 6.30. The summed E-state index contributed by atoms with van der Waals surface area (Å²) in [5.74, 6) is 0.640. The number of nitrogens with zero attached hydrogens (tertiary/aromatic N) is 6. The number of aryl methyl sites for hydroxylation is 2. The zero-order valence-corrected chi connectivity index (χ0v) is 22.2. The van der Waals surface area contributed by atoms with Crippen LogP contribution >= 0.6 is 11.6 Å². The van der Waals surface area contributed by atoms with Crippen LogP contribution in [-0.2, 0) is 17.7 Å². The van der Waals surface area contributed by atoms with E-state index in [2.05, 4.69) is 62.4 Å². The third kappa shape index (κ3) is 5.25. The van der Waals surface area contributed by atoms with Crippen LogP contribution in [0.4, 0.5) is 5.69 Å². The van der Waals surface area contributed by atoms with E-state index in [0.29, 0.717) is 24.5 Å². The normalized spacial score (nSPS) is 15.4. The van der Waals surface area contributed by atoms with Crippen molar-refractivity contribution < 1.29 is 4.74 Å². The number of rotatable bonds is 8. The monoisotopic (exact) mass is 521 g/mol. The van der Waals surface area contributed by atoms with E-state index in [4.69, 9.17) is 16.3 Å². The van der Waals surface area contributed by atoms with Crippen molar-refractivity contribution >= 4 is 28.2 Å². The minimum Gasteiger partial charge on any atom is -0.383 e. The van der Waals surface area contributed by atoms with Crippen molar-refractivity contribution in [1.82, 2.24) is 30.1 Å². The highest BCUT2D eigenvalue weighted by Gasteiger charge is 2.33. The van der Waals surface area contributed by atoms with Crippen LogP contribution in [0.5, 0.6) is 0 Å². The summed E-state index contributed by atoms with van der Waals surface area (Å²) in [7, 11) is 1.65. The third-order valence-electron chi connectivity index (χ3n) is 7.14. The van der Waals surface area contributed by atoms with Crippen LogP contribution in [0.1, 0.15) is 35.5 Å². The maximum absolute atomic E-state index is 13.5. The minimum absolute atomic E-state index is 0.129. The molecule has 0 radical (unpaired) electrons. The highest BCUT2D eigenvalue weighted by atomic mass is 35.5. The molecule has 9 nitrogen and oxygen atoms in total. The van der Waals surface area contributed by atoms with E-state index < -0.39 is 6.04 Å². The smallest absolute Gasteiger partial charge is 0.253 e. The van der Waals surface area contributed by atoms with Gasteiger partial charge in [0.15, 0.2) is 5.82 Å². The summed E-state index contributed by atoms with van der Waals surface area (Å²) < 4.78 is 7.02. The van der Waals surface area contributed by atoms with Crippen LogP contribution in [0.25, 0.3) is 10.9 Å². The van der Waals surface area contributed by atoms with Gasteiger partial charge in [-0.3, -0.25) is 9.69 Å². The molecule has 1 fully saturated rings. The van der Waals surface area contributed by atoms with Gasteiger partial charge < -0.3 is 14.6 Å². The number of ether oxygens (including phenoxy) is 1. The van der Waals surface area contributed by atoms with Crippen LogP contribution in [-0.4, -0.2) is 70.0 Å². The third-order valence-corrected chi connectivity index (χ3v) is 7.38. The maximum atomic E-state index is 13.5. The van der Waals surface area contributed by atoms with E-state index >= 15 is 0 Å². The molecule has 37 heavy (non-hydrogen) atoms. The molecule has 10 heteroatoms. The van der Waals surface area contributed by atoms with E-state index in [1.807, 2.05) is 24.3 Å². The van der Waals surface area contributed by atoms with Gasteiger partial charge in [-0.05, 0) is 70.6 Å². The summed E-state index contributed by atoms with van der Waals surface area (Å²) in [5, 5.41) is 14.3. The molecule has 2 aromatic heterocycles. The molecule has 5 rings (SSSR count). The number of H-pyrrole nitrogens is 1. The maximum Gasteiger partial charge on any atom is 0.253 e. The molecule has 1 aliphatic rings. The number of nitrogens with one attached hydrogen (secondary N) is 1. The van der Waals surface area contributed by atoms with Crippen LogP contribution in [0.3, 0.4) is 0 Å². The zero-order valence-electron chi connectivity index (χ0n) is 21.4. The molecular weight excluding hydrogens is 490 g/mol. The lowest BCUT2D eigenvalue weighted by atomic mass is 10.0. The molecule has 0 saturated carbocycles. The first-order valence-electron chi connectivity index (χ1n) is 12.6. The highest BCUT2D eigenvalue weighted by Crippen LogP contribution is 2.31. The number of tetrazole rings is 1. The number of pyridine rings is 1. The molecule has 194 valence electrons. The molecule has 0 amide bonds. The molecule has 1 aliphatic heterocycles. The summed E-state index contributed by atoms with van der Waals surface area (Å²) in [5.41, 5.74) is 4.89. The van der Waals surface area contributed by atoms with E-state index in [1.54, 1.807) is 11.8 Å². The van der Waals surface area contributed by atoms with E-state index in [1.165, 1.54) is 11.1 Å². The second-order valence-electron chi connectivity index (χ2n) is 9.44. The molecule has 1 saturated heterocycles. The molecule has 4 aromatic rings. The summed E-state index contributed by atoms with van der Waals surface area (Å²) in [6, 6.07) is 13.8. The van der Waals surface area contributed by atoms with Crippen molar-refractivity contribution in [2.45, 2.75) is 32.9 Å². The predicted octanol–water partition coefficient (Wildman–Crippen LogP) is 3.60. The summed E-state index contributed by atoms with van der Waals surface area (Å²) in [6.07, 6.45) is 0.925. The average Bonchev–Trinajstić information content (AvgIpc) is 3.37. The second-order valence-corrected chi connectivity index (χ2v) is 9.87. The first-order chi connectivity index (χ1) is 18.0. The van der Waals surface area contributed by atoms with Crippen LogP contribution in [0.15, 0.2) is 47.3 Å². The number of piperazine rings is 1. The molecule has 0 spiro atoms. The van der Waals surface area contributed by atoms with Crippen molar-refractivity contribution in [2.24, 2.45) is 0 Å². The van der Waals surface area contributed by atoms with Gasteiger partial charge in [0.1, 0.15) is 6.04 Å². The van der Waals surface area contributed by atoms with Crippen LogP contribution in [0.2, 0.25) is 5.02 Å². The van der Waals surface area contributed by atoms with Gasteiger partial charge in [-0.2, -0.15) is 0 Å². The first kappa shape index (κ1) is 25.4. The van der Waals surface area contributed by atoms with E-state index in [-0.39, 0.29) is 5.56 Å². The molecule has 1 atom stereocenters. The van der Waals surface area contributed by atoms with Crippen LogP contribution < -0.4 is 10.5 Å². The number of hydrogen-bond donors (Lipinski definition) is 1. The molecule has 0 unspecified atom stereocenters. The zero-order chi connectivity index (χ0) is 25.9. The molecular formula is C27H32ClN7O2. The Morgan fingerprint density at radius 1 is 1.11 bits per heavy atom. The van der Waals surface area contributed by atoms with Crippen LogP contribution in [0, 0.1) is 6.92 Å². The quantitative estimate of drug-likeness (QED) is 0.379. The molecule has 2 aromatic carbocycles. The van der Waals surface area contributed by atoms with Gasteiger partial charge in [-0.1, -0.05) is 30.7 Å². The largest absolute Gasteiger partial charge is 0.383 e. The first-order valence-corrected chi connectivity index (χ1v) is 13.0. The Labute approximate surface area is 221 Å². The van der Waals surface area contributed by atoms with Crippen molar-refractivity contribution in [3.8, 4) is 0 Å². The summed E-state index contributed by atoms with van der Waals surface area (Å²) in [4.78, 5) is 21.2. The lowest BCUT2D eigenvalue weighted by Crippen LogP contribution is -2.49. The average molecular weight is 522 g/mol. The molecule has 1 N–H and O–H groups in total. The number of benzene rings is 2. The van der Waals surface area contributed by atoms with Gasteiger partial charge in [0, 0.05) is 55.1 Å². The van der Waals surface area contributed by atoms with Gasteiger partial charge in [0.2, 0.25) is 0 Å². The fourth-order valence-electron chi connectivity index (χ4n) is 5.08. The van der Waals surface area contributed by atoms with Gasteiger partial charge in [-0.15, -0.1) is 5.10 Å². The number of aromatic amines is 1. The number of anilines is 1. The van der Waals surface area contributed by atoms with Gasteiger partial charge in [0.25, 0.3) is 5.56 Å². The fraction of sp³-hybridized carbons (Fsp3) is 0.407. The SMILES string of the molecule is CCc1ccc2[nH]c(=O)c([C@@H](c3nnnn3CCOC)N3CCN(c4cc(Cl)ccc4C)CC3)cc2c1. The number of methoxy groups -OCH3 is 1. The number of aromatic nitrogens is 5. The van der Waals surface area contributed by atoms with Gasteiger partial charge >= 0.3 is 0 Å². The lowest BCUT2D eigenvalue weighted by Gasteiger charge is -2.40. The molecule has 0 aliphatic carbocycles. The van der Waals surface area contributed by atoms with E-state index in [0.717, 1.165) is 54.2 Å². The van der Waals surface area contributed by atoms with E-state index in [9.17, 15) is 4.79 Å². The van der Waals surface area contributed by atoms with Gasteiger partial charge in [-0.25, -0.2) is 4.68 Å². The minimum atomic E-state index is -0.395. The Kier molecular flexibility index (Phi) is 7.55. The predicted molar refractivity (Wildman–Crippen MR) is 145 cm³/mol. The number of fused-ring (bicyclic) bond motifs is 1. The number of halogens is 1. The topological polar surface area (TPSA) is 92.2 Å². The Morgan fingerprint density at radius 3 is 2.68 bits per heavy atom. The Hall–Kier alpha value is -3.27. The van der Waals surface area contributed by atoms with Crippen molar-refractivity contribution in [2.75, 3.05) is 44.8 Å². The Balaban J connectivity index is 1.53. The summed E-state index contributed by atoms with van der Waals surface area (Å²) in [6.45, 7) is 8.26. The lowest BCUT2D eigenvalue weighted by molar-refractivity contribution is 0.171. The molecule has 0 bridgehead atoms. The van der Waals surface area contributed by atoms with Crippen molar-refractivity contribution in [1.29, 1.82) is 0 Å². The Bertz CT molecular complexity index is 1440. The fourth-order valence-corrected chi connectivity index (χ4v) is 5.25. The van der Waals surface area contributed by atoms with Crippen molar-refractivity contribution in [3.63, 3.8) is 0 Å². The Morgan fingerprint density at radius 2 is 1.92 bits per heavy atom. The standard InChI is InChI=1S/C27H32ClN7O2/c1-4-19-6-8-23-20(15-19)16-22(27(36)29-23)25(26-30-31-32-35(26)13-14-37-3)34-11-9-33(10-12-34)24-17-21(28)7-5-18(24)2/h5-8,15-17,25H,4,9-14H2,1-3H3,(H,29,36)/t25-/m0/s1. The highest BCUT2D eigenvalue weighted by molar-refractivity contribution is 6.30.